The highest BCUT2D eigenvalue weighted by Crippen LogP contribution is 2.44. The smallest absolute Gasteiger partial charge is 0.407 e. The van der Waals surface area contributed by atoms with Crippen molar-refractivity contribution in [1.82, 2.24) is 10.6 Å². The largest absolute Gasteiger partial charge is 0.481 e. The lowest BCUT2D eigenvalue weighted by Crippen LogP contribution is -2.48. The standard InChI is InChI=1S/C24H28N2O5/c1-15(12-21(27)28)26-22(29)24(2,3)14-25-23(30)31-13-20-18-10-6-4-8-16(18)17-9-5-7-11-19(17)20/h4-11,15,20H,12-14H2,1-3H3,(H,25,30)(H,26,29)(H,27,28)/t15-/m1/s1. The lowest BCUT2D eigenvalue weighted by atomic mass is 9.92. The van der Waals surface area contributed by atoms with Crippen molar-refractivity contribution in [3.05, 3.63) is 59.7 Å². The Balaban J connectivity index is 1.55. The molecule has 0 spiro atoms. The summed E-state index contributed by atoms with van der Waals surface area (Å²) >= 11 is 0. The van der Waals surface area contributed by atoms with E-state index in [2.05, 4.69) is 22.8 Å². The molecule has 7 heteroatoms. The predicted octanol–water partition coefficient (Wildman–Crippen LogP) is 3.53. The van der Waals surface area contributed by atoms with E-state index in [9.17, 15) is 14.4 Å². The third kappa shape index (κ3) is 5.23. The van der Waals surface area contributed by atoms with Gasteiger partial charge in [-0.3, -0.25) is 9.59 Å². The highest BCUT2D eigenvalue weighted by atomic mass is 16.5. The number of aliphatic carboxylic acids is 1. The van der Waals surface area contributed by atoms with Gasteiger partial charge in [-0.2, -0.15) is 0 Å². The average Bonchev–Trinajstić information content (AvgIpc) is 3.04. The molecule has 0 aliphatic heterocycles. The van der Waals surface area contributed by atoms with Crippen molar-refractivity contribution in [1.29, 1.82) is 0 Å². The molecule has 0 aromatic heterocycles. The minimum Gasteiger partial charge on any atom is -0.481 e. The molecule has 0 heterocycles. The fourth-order valence-corrected chi connectivity index (χ4v) is 3.75. The molecule has 1 atom stereocenters. The number of carboxylic acids is 1. The van der Waals surface area contributed by atoms with E-state index >= 15 is 0 Å². The quantitative estimate of drug-likeness (QED) is 0.601. The summed E-state index contributed by atoms with van der Waals surface area (Å²) in [6.45, 7) is 5.25. The van der Waals surface area contributed by atoms with Gasteiger partial charge in [-0.05, 0) is 43.0 Å². The first kappa shape index (κ1) is 22.3. The Kier molecular flexibility index (Phi) is 6.63. The molecule has 164 valence electrons. The zero-order chi connectivity index (χ0) is 22.6. The fraction of sp³-hybridized carbons (Fsp3) is 0.375. The van der Waals surface area contributed by atoms with Crippen LogP contribution in [0.4, 0.5) is 4.79 Å². The Labute approximate surface area is 181 Å². The zero-order valence-corrected chi connectivity index (χ0v) is 18.0. The summed E-state index contributed by atoms with van der Waals surface area (Å²) in [6.07, 6.45) is -0.761. The van der Waals surface area contributed by atoms with Gasteiger partial charge in [0.2, 0.25) is 5.91 Å². The molecule has 0 saturated carbocycles. The van der Waals surface area contributed by atoms with Crippen molar-refractivity contribution in [3.8, 4) is 11.1 Å². The summed E-state index contributed by atoms with van der Waals surface area (Å²) in [7, 11) is 0. The second-order valence-electron chi connectivity index (χ2n) is 8.54. The first-order valence-corrected chi connectivity index (χ1v) is 10.3. The minimum atomic E-state index is -0.984. The second-order valence-corrected chi connectivity index (χ2v) is 8.54. The number of hydrogen-bond donors (Lipinski definition) is 3. The summed E-state index contributed by atoms with van der Waals surface area (Å²) in [5, 5.41) is 14.1. The number of hydrogen-bond acceptors (Lipinski definition) is 4. The van der Waals surface area contributed by atoms with E-state index < -0.39 is 23.5 Å². The number of alkyl carbamates (subject to hydrolysis) is 1. The van der Waals surface area contributed by atoms with Gasteiger partial charge in [-0.25, -0.2) is 4.79 Å². The van der Waals surface area contributed by atoms with Crippen molar-refractivity contribution < 1.29 is 24.2 Å². The maximum Gasteiger partial charge on any atom is 0.407 e. The molecule has 2 amide bonds. The molecule has 0 unspecified atom stereocenters. The molecule has 1 aliphatic rings. The highest BCUT2D eigenvalue weighted by molar-refractivity contribution is 5.83. The molecule has 0 fully saturated rings. The molecule has 31 heavy (non-hydrogen) atoms. The van der Waals surface area contributed by atoms with Crippen molar-refractivity contribution in [3.63, 3.8) is 0 Å². The van der Waals surface area contributed by atoms with Crippen LogP contribution in [0.3, 0.4) is 0 Å². The van der Waals surface area contributed by atoms with Crippen molar-refractivity contribution in [2.75, 3.05) is 13.2 Å². The molecule has 0 bridgehead atoms. The number of rotatable bonds is 8. The van der Waals surface area contributed by atoms with Gasteiger partial charge in [0.1, 0.15) is 6.61 Å². The number of fused-ring (bicyclic) bond motifs is 3. The zero-order valence-electron chi connectivity index (χ0n) is 18.0. The monoisotopic (exact) mass is 424 g/mol. The summed E-state index contributed by atoms with van der Waals surface area (Å²) in [4.78, 5) is 35.5. The van der Waals surface area contributed by atoms with Gasteiger partial charge in [-0.15, -0.1) is 0 Å². The number of carboxylic acid groups (broad SMARTS) is 1. The van der Waals surface area contributed by atoms with Crippen LogP contribution in [0.25, 0.3) is 11.1 Å². The molecule has 3 N–H and O–H groups in total. The van der Waals surface area contributed by atoms with Gasteiger partial charge in [0.15, 0.2) is 0 Å². The molecule has 1 aliphatic carbocycles. The van der Waals surface area contributed by atoms with E-state index in [1.54, 1.807) is 20.8 Å². The van der Waals surface area contributed by atoms with Gasteiger partial charge >= 0.3 is 12.1 Å². The van der Waals surface area contributed by atoms with Crippen LogP contribution >= 0.6 is 0 Å². The van der Waals surface area contributed by atoms with E-state index in [0.29, 0.717) is 0 Å². The Bertz CT molecular complexity index is 940. The van der Waals surface area contributed by atoms with Crippen molar-refractivity contribution in [2.45, 2.75) is 39.2 Å². The van der Waals surface area contributed by atoms with E-state index in [1.165, 1.54) is 0 Å². The van der Waals surface area contributed by atoms with Crippen molar-refractivity contribution >= 4 is 18.0 Å². The molecule has 0 radical (unpaired) electrons. The number of amides is 2. The average molecular weight is 424 g/mol. The van der Waals surface area contributed by atoms with Gasteiger partial charge in [0.05, 0.1) is 11.8 Å². The number of ether oxygens (including phenoxy) is 1. The molecular weight excluding hydrogens is 396 g/mol. The van der Waals surface area contributed by atoms with E-state index in [4.69, 9.17) is 9.84 Å². The third-order valence-corrected chi connectivity index (χ3v) is 5.49. The van der Waals surface area contributed by atoms with Gasteiger partial charge in [-0.1, -0.05) is 48.5 Å². The fourth-order valence-electron chi connectivity index (χ4n) is 3.75. The first-order valence-electron chi connectivity index (χ1n) is 10.3. The maximum atomic E-state index is 12.4. The normalized spacial score (nSPS) is 13.6. The Hall–Kier alpha value is -3.35. The molecule has 3 rings (SSSR count). The summed E-state index contributed by atoms with van der Waals surface area (Å²) in [5.74, 6) is -1.35. The molecule has 2 aromatic rings. The van der Waals surface area contributed by atoms with Gasteiger partial charge < -0.3 is 20.5 Å². The van der Waals surface area contributed by atoms with E-state index in [-0.39, 0.29) is 31.4 Å². The second kappa shape index (κ2) is 9.20. The number of nitrogens with one attached hydrogen (secondary N) is 2. The maximum absolute atomic E-state index is 12.4. The van der Waals surface area contributed by atoms with Crippen LogP contribution in [-0.2, 0) is 14.3 Å². The van der Waals surface area contributed by atoms with Crippen molar-refractivity contribution in [2.24, 2.45) is 5.41 Å². The summed E-state index contributed by atoms with van der Waals surface area (Å²) < 4.78 is 5.49. The van der Waals surface area contributed by atoms with Crippen LogP contribution in [-0.4, -0.2) is 42.3 Å². The van der Waals surface area contributed by atoms with Crippen LogP contribution in [0.2, 0.25) is 0 Å². The number of carbonyl (C=O) groups is 3. The third-order valence-electron chi connectivity index (χ3n) is 5.49. The van der Waals surface area contributed by atoms with Gasteiger partial charge in [0.25, 0.3) is 0 Å². The Morgan fingerprint density at radius 1 is 1.03 bits per heavy atom. The Morgan fingerprint density at radius 2 is 1.58 bits per heavy atom. The predicted molar refractivity (Wildman–Crippen MR) is 117 cm³/mol. The highest BCUT2D eigenvalue weighted by Gasteiger charge is 2.31. The lowest BCUT2D eigenvalue weighted by molar-refractivity contribution is -0.138. The number of benzene rings is 2. The van der Waals surface area contributed by atoms with E-state index in [0.717, 1.165) is 22.3 Å². The molecule has 0 saturated heterocycles. The van der Waals surface area contributed by atoms with Crippen LogP contribution in [0.1, 0.15) is 44.2 Å². The summed E-state index contributed by atoms with van der Waals surface area (Å²) in [6, 6.07) is 15.7. The van der Waals surface area contributed by atoms with Crippen LogP contribution in [0.5, 0.6) is 0 Å². The topological polar surface area (TPSA) is 105 Å². The van der Waals surface area contributed by atoms with Crippen LogP contribution in [0, 0.1) is 5.41 Å². The number of carbonyl (C=O) groups excluding carboxylic acids is 2. The summed E-state index contributed by atoms with van der Waals surface area (Å²) in [5.41, 5.74) is 3.64. The van der Waals surface area contributed by atoms with Crippen LogP contribution < -0.4 is 10.6 Å². The lowest BCUT2D eigenvalue weighted by Gasteiger charge is -2.26. The first-order chi connectivity index (χ1) is 14.7. The van der Waals surface area contributed by atoms with E-state index in [1.807, 2.05) is 36.4 Å². The van der Waals surface area contributed by atoms with Crippen LogP contribution in [0.15, 0.2) is 48.5 Å². The molecule has 2 aromatic carbocycles. The SMILES string of the molecule is C[C@H](CC(=O)O)NC(=O)C(C)(C)CNC(=O)OCC1c2ccccc2-c2ccccc21. The molecular formula is C24H28N2O5. The van der Waals surface area contributed by atoms with Gasteiger partial charge in [0, 0.05) is 18.5 Å². The Morgan fingerprint density at radius 3 is 2.13 bits per heavy atom. The minimum absolute atomic E-state index is 0.0358. The molecule has 7 nitrogen and oxygen atoms in total.